The first-order chi connectivity index (χ1) is 13.9. The number of benzene rings is 2. The molecule has 5 nitrogen and oxygen atoms in total. The van der Waals surface area contributed by atoms with Gasteiger partial charge in [0, 0.05) is 10.0 Å². The van der Waals surface area contributed by atoms with Crippen LogP contribution >= 0.6 is 15.9 Å². The SMILES string of the molecule is COc1ccc(C(C)N2C(=O)c3cc(Br)ccc3C2(C)c2ncncc2F)cc1. The van der Waals surface area contributed by atoms with Gasteiger partial charge in [-0.3, -0.25) is 4.79 Å². The molecule has 2 unspecified atom stereocenters. The second-order valence-electron chi connectivity index (χ2n) is 7.11. The molecule has 1 aliphatic rings. The van der Waals surface area contributed by atoms with Gasteiger partial charge in [0.15, 0.2) is 5.82 Å². The summed E-state index contributed by atoms with van der Waals surface area (Å²) in [6, 6.07) is 12.6. The maximum atomic E-state index is 14.8. The summed E-state index contributed by atoms with van der Waals surface area (Å²) in [5, 5.41) is 0. The topological polar surface area (TPSA) is 55.3 Å². The van der Waals surface area contributed by atoms with Gasteiger partial charge in [0.1, 0.15) is 23.3 Å². The predicted molar refractivity (Wildman–Crippen MR) is 110 cm³/mol. The summed E-state index contributed by atoms with van der Waals surface area (Å²) < 4.78 is 20.9. The van der Waals surface area contributed by atoms with E-state index in [1.54, 1.807) is 18.1 Å². The van der Waals surface area contributed by atoms with Crippen LogP contribution < -0.4 is 4.74 Å². The van der Waals surface area contributed by atoms with Crippen LogP contribution in [0.5, 0.6) is 5.75 Å². The molecule has 2 atom stereocenters. The van der Waals surface area contributed by atoms with E-state index in [0.717, 1.165) is 22.0 Å². The molecule has 0 saturated carbocycles. The van der Waals surface area contributed by atoms with Crippen LogP contribution in [0.2, 0.25) is 0 Å². The minimum absolute atomic E-state index is 0.169. The quantitative estimate of drug-likeness (QED) is 0.563. The van der Waals surface area contributed by atoms with Crippen LogP contribution in [0.3, 0.4) is 0 Å². The Bertz CT molecular complexity index is 1090. The Morgan fingerprint density at radius 2 is 1.93 bits per heavy atom. The number of nitrogens with zero attached hydrogens (tertiary/aromatic N) is 3. The van der Waals surface area contributed by atoms with E-state index < -0.39 is 11.4 Å². The van der Waals surface area contributed by atoms with Crippen molar-refractivity contribution in [3.05, 3.63) is 87.7 Å². The van der Waals surface area contributed by atoms with Gasteiger partial charge in [-0.2, -0.15) is 0 Å². The second kappa shape index (κ2) is 7.22. The van der Waals surface area contributed by atoms with Gasteiger partial charge in [-0.25, -0.2) is 14.4 Å². The number of carbonyl (C=O) groups excluding carboxylic acids is 1. The number of ether oxygens (including phenoxy) is 1. The van der Waals surface area contributed by atoms with E-state index >= 15 is 0 Å². The fraction of sp³-hybridized carbons (Fsp3) is 0.227. The first-order valence-corrected chi connectivity index (χ1v) is 9.91. The van der Waals surface area contributed by atoms with E-state index in [4.69, 9.17) is 4.74 Å². The first-order valence-electron chi connectivity index (χ1n) is 9.11. The molecule has 1 aromatic heterocycles. The average Bonchev–Trinajstić information content (AvgIpc) is 2.95. The number of aromatic nitrogens is 2. The molecule has 0 saturated heterocycles. The van der Waals surface area contributed by atoms with Crippen molar-refractivity contribution in [1.82, 2.24) is 14.9 Å². The zero-order valence-electron chi connectivity index (χ0n) is 16.2. The van der Waals surface area contributed by atoms with E-state index in [9.17, 15) is 9.18 Å². The largest absolute Gasteiger partial charge is 0.497 e. The number of hydrogen-bond donors (Lipinski definition) is 0. The zero-order chi connectivity index (χ0) is 20.8. The van der Waals surface area contributed by atoms with Crippen molar-refractivity contribution in [3.8, 4) is 5.75 Å². The number of amides is 1. The molecule has 0 bridgehead atoms. The third-order valence-corrected chi connectivity index (χ3v) is 6.04. The van der Waals surface area contributed by atoms with Gasteiger partial charge in [0.2, 0.25) is 0 Å². The Balaban J connectivity index is 1.91. The summed E-state index contributed by atoms with van der Waals surface area (Å²) >= 11 is 3.43. The fourth-order valence-electron chi connectivity index (χ4n) is 4.09. The van der Waals surface area contributed by atoms with Crippen LogP contribution in [0.25, 0.3) is 0 Å². The lowest BCUT2D eigenvalue weighted by Crippen LogP contribution is -2.45. The molecular formula is C22H19BrFN3O2. The van der Waals surface area contributed by atoms with Crippen LogP contribution in [0, 0.1) is 5.82 Å². The summed E-state index contributed by atoms with van der Waals surface area (Å²) in [6.45, 7) is 3.76. The second-order valence-corrected chi connectivity index (χ2v) is 8.02. The molecule has 0 radical (unpaired) electrons. The number of carbonyl (C=O) groups is 1. The lowest BCUT2D eigenvalue weighted by molar-refractivity contribution is 0.0524. The van der Waals surface area contributed by atoms with Gasteiger partial charge in [-0.05, 0) is 49.2 Å². The highest BCUT2D eigenvalue weighted by atomic mass is 79.9. The van der Waals surface area contributed by atoms with Gasteiger partial charge < -0.3 is 9.64 Å². The minimum Gasteiger partial charge on any atom is -0.497 e. The molecule has 3 aromatic rings. The smallest absolute Gasteiger partial charge is 0.255 e. The number of fused-ring (bicyclic) bond motifs is 1. The maximum absolute atomic E-state index is 14.8. The van der Waals surface area contributed by atoms with Crippen LogP contribution in [-0.2, 0) is 5.54 Å². The number of hydrogen-bond acceptors (Lipinski definition) is 4. The van der Waals surface area contributed by atoms with Gasteiger partial charge in [-0.15, -0.1) is 0 Å². The van der Waals surface area contributed by atoms with Crippen LogP contribution in [0.4, 0.5) is 4.39 Å². The molecule has 148 valence electrons. The molecule has 0 aliphatic carbocycles. The van der Waals surface area contributed by atoms with Crippen molar-refractivity contribution in [1.29, 1.82) is 0 Å². The molecule has 0 spiro atoms. The fourth-order valence-corrected chi connectivity index (χ4v) is 4.45. The summed E-state index contributed by atoms with van der Waals surface area (Å²) in [6.07, 6.45) is 2.44. The molecule has 29 heavy (non-hydrogen) atoms. The lowest BCUT2D eigenvalue weighted by Gasteiger charge is -2.40. The summed E-state index contributed by atoms with van der Waals surface area (Å²) in [5.41, 5.74) is 1.23. The van der Waals surface area contributed by atoms with Gasteiger partial charge >= 0.3 is 0 Å². The first kappa shape index (κ1) is 19.5. The van der Waals surface area contributed by atoms with E-state index in [2.05, 4.69) is 25.9 Å². The standard InChI is InChI=1S/C22H19BrFN3O2/c1-13(14-4-7-16(29-3)8-5-14)27-21(28)17-10-15(23)6-9-18(17)22(27,2)20-19(24)11-25-12-26-20/h4-13H,1-3H3. The van der Waals surface area contributed by atoms with E-state index in [1.165, 1.54) is 6.33 Å². The van der Waals surface area contributed by atoms with Gasteiger partial charge in [0.05, 0.1) is 19.3 Å². The molecular weight excluding hydrogens is 437 g/mol. The highest BCUT2D eigenvalue weighted by molar-refractivity contribution is 9.10. The number of halogens is 2. The van der Waals surface area contributed by atoms with Gasteiger partial charge in [0.25, 0.3) is 5.91 Å². The molecule has 0 fully saturated rings. The van der Waals surface area contributed by atoms with Crippen LogP contribution in [0.1, 0.15) is 47.1 Å². The average molecular weight is 456 g/mol. The van der Waals surface area contributed by atoms with E-state index in [0.29, 0.717) is 11.1 Å². The highest BCUT2D eigenvalue weighted by Gasteiger charge is 2.51. The molecule has 1 amide bonds. The van der Waals surface area contributed by atoms with Crippen molar-refractivity contribution in [2.75, 3.05) is 7.11 Å². The third-order valence-electron chi connectivity index (χ3n) is 5.55. The highest BCUT2D eigenvalue weighted by Crippen LogP contribution is 2.48. The molecule has 1 aliphatic heterocycles. The lowest BCUT2D eigenvalue weighted by atomic mass is 9.86. The molecule has 2 aromatic carbocycles. The Morgan fingerprint density at radius 1 is 1.21 bits per heavy atom. The summed E-state index contributed by atoms with van der Waals surface area (Å²) in [7, 11) is 1.60. The van der Waals surface area contributed by atoms with Crippen molar-refractivity contribution in [2.24, 2.45) is 0 Å². The monoisotopic (exact) mass is 455 g/mol. The van der Waals surface area contributed by atoms with E-state index in [-0.39, 0.29) is 17.6 Å². The Morgan fingerprint density at radius 3 is 2.59 bits per heavy atom. The minimum atomic E-state index is -1.08. The number of rotatable bonds is 4. The Hall–Kier alpha value is -2.80. The van der Waals surface area contributed by atoms with Crippen molar-refractivity contribution in [3.63, 3.8) is 0 Å². The molecule has 2 heterocycles. The van der Waals surface area contributed by atoms with E-state index in [1.807, 2.05) is 50.2 Å². The van der Waals surface area contributed by atoms with Crippen molar-refractivity contribution >= 4 is 21.8 Å². The van der Waals surface area contributed by atoms with Crippen molar-refractivity contribution in [2.45, 2.75) is 25.4 Å². The Labute approximate surface area is 176 Å². The van der Waals surface area contributed by atoms with Crippen LogP contribution in [0.15, 0.2) is 59.5 Å². The maximum Gasteiger partial charge on any atom is 0.255 e. The predicted octanol–water partition coefficient (Wildman–Crippen LogP) is 4.87. The molecule has 4 rings (SSSR count). The molecule has 0 N–H and O–H groups in total. The normalized spacial score (nSPS) is 19.2. The third kappa shape index (κ3) is 3.00. The molecule has 7 heteroatoms. The summed E-state index contributed by atoms with van der Waals surface area (Å²) in [5.74, 6) is 0.00107. The zero-order valence-corrected chi connectivity index (χ0v) is 17.8. The Kier molecular flexibility index (Phi) is 4.86. The van der Waals surface area contributed by atoms with Crippen LogP contribution in [-0.4, -0.2) is 27.9 Å². The van der Waals surface area contributed by atoms with Crippen molar-refractivity contribution < 1.29 is 13.9 Å². The number of methoxy groups -OCH3 is 1. The summed E-state index contributed by atoms with van der Waals surface area (Å²) in [4.78, 5) is 23.2. The van der Waals surface area contributed by atoms with Gasteiger partial charge in [-0.1, -0.05) is 34.1 Å².